The van der Waals surface area contributed by atoms with E-state index in [9.17, 15) is 0 Å². The van der Waals surface area contributed by atoms with Gasteiger partial charge in [0.2, 0.25) is 0 Å². The van der Waals surface area contributed by atoms with Gasteiger partial charge in [-0.2, -0.15) is 0 Å². The Morgan fingerprint density at radius 3 is 1.66 bits per heavy atom. The van der Waals surface area contributed by atoms with E-state index in [4.69, 9.17) is 4.74 Å². The van der Waals surface area contributed by atoms with Gasteiger partial charge >= 0.3 is 293 Å². The number of ether oxygens (including phenoxy) is 1. The minimum atomic E-state index is -3.87. The summed E-state index contributed by atoms with van der Waals surface area (Å²) < 4.78 is 13.1. The SMILES string of the molecule is c1ccc(N2c3cccc4[c]3[Ge]3([c]5ccccc5)[c]5c2cccc5N(c2ccccc2)c2[c]3c(c3ccc5cccc6ccc2c3c56)O4)cc1. The second-order valence-corrected chi connectivity index (χ2v) is 21.1. The van der Waals surface area contributed by atoms with Gasteiger partial charge in [-0.1, -0.05) is 0 Å². The van der Waals surface area contributed by atoms with Crippen LogP contribution in [-0.4, -0.2) is 13.3 Å². The molecule has 0 aliphatic carbocycles. The molecule has 12 rings (SSSR count). The predicted molar refractivity (Wildman–Crippen MR) is 210 cm³/mol. The molecule has 3 aliphatic rings. The van der Waals surface area contributed by atoms with Crippen molar-refractivity contribution in [3.05, 3.63) is 170 Å². The van der Waals surface area contributed by atoms with E-state index in [1.165, 1.54) is 72.7 Å². The molecule has 1 unspecified atom stereocenters. The summed E-state index contributed by atoms with van der Waals surface area (Å²) in [6, 6.07) is 62.9. The Balaban J connectivity index is 1.37. The molecule has 232 valence electrons. The van der Waals surface area contributed by atoms with E-state index in [0.29, 0.717) is 0 Å². The van der Waals surface area contributed by atoms with Crippen molar-refractivity contribution in [1.82, 2.24) is 0 Å². The standard InChI is InChI=1S/C46H28GeN2O/c1-4-15-31(16-5-1)47-42-36-21-11-22-37(42)49(33-19-8-3-9-20-33)45-34-27-25-29-13-10-14-30-26-28-35(41(34)40(29)30)46(44(45)47)50-39-24-12-23-38(43(39)47)48(36)32-17-6-2-7-18-32/h1-28H. The minimum absolute atomic E-state index is 0.981. The molecule has 0 spiro atoms. The fourth-order valence-corrected chi connectivity index (χ4v) is 21.5. The number of para-hydroxylation sites is 2. The van der Waals surface area contributed by atoms with Crippen LogP contribution in [0, 0.1) is 0 Å². The van der Waals surface area contributed by atoms with Crippen LogP contribution in [0.1, 0.15) is 0 Å². The maximum absolute atomic E-state index is 7.41. The van der Waals surface area contributed by atoms with Crippen molar-refractivity contribution in [2.45, 2.75) is 0 Å². The maximum atomic E-state index is 7.41. The first-order chi connectivity index (χ1) is 24.8. The molecule has 4 heteroatoms. The quantitative estimate of drug-likeness (QED) is 0.135. The Morgan fingerprint density at radius 2 is 0.960 bits per heavy atom. The van der Waals surface area contributed by atoms with Crippen LogP contribution in [0.25, 0.3) is 32.3 Å². The zero-order chi connectivity index (χ0) is 32.6. The molecule has 0 saturated heterocycles. The van der Waals surface area contributed by atoms with Crippen molar-refractivity contribution < 1.29 is 4.74 Å². The number of benzene rings is 9. The van der Waals surface area contributed by atoms with Gasteiger partial charge in [0, 0.05) is 0 Å². The number of fused-ring (bicyclic) bond motifs is 2. The van der Waals surface area contributed by atoms with Gasteiger partial charge in [-0.05, 0) is 0 Å². The third-order valence-electron chi connectivity index (χ3n) is 11.3. The molecule has 0 radical (unpaired) electrons. The van der Waals surface area contributed by atoms with Gasteiger partial charge in [-0.3, -0.25) is 0 Å². The molecule has 9 aromatic carbocycles. The predicted octanol–water partition coefficient (Wildman–Crippen LogP) is 9.63. The van der Waals surface area contributed by atoms with Gasteiger partial charge in [-0.15, -0.1) is 0 Å². The van der Waals surface area contributed by atoms with Crippen molar-refractivity contribution in [2.75, 3.05) is 9.80 Å². The van der Waals surface area contributed by atoms with Crippen LogP contribution in [0.2, 0.25) is 0 Å². The molecule has 0 N–H and O–H groups in total. The molecule has 0 aromatic heterocycles. The summed E-state index contributed by atoms with van der Waals surface area (Å²) in [5.74, 6) is 2.00. The van der Waals surface area contributed by atoms with E-state index >= 15 is 0 Å². The van der Waals surface area contributed by atoms with E-state index < -0.39 is 13.3 Å². The Labute approximate surface area is 291 Å². The zero-order valence-corrected chi connectivity index (χ0v) is 29.1. The van der Waals surface area contributed by atoms with Crippen molar-refractivity contribution in [2.24, 2.45) is 0 Å². The first-order valence-corrected chi connectivity index (χ1v) is 21.5. The topological polar surface area (TPSA) is 15.7 Å². The van der Waals surface area contributed by atoms with Crippen LogP contribution < -0.4 is 32.1 Å². The molecule has 3 nitrogen and oxygen atoms in total. The third kappa shape index (κ3) is 3.13. The summed E-state index contributed by atoms with van der Waals surface area (Å²) in [6.45, 7) is 0. The fraction of sp³-hybridized carbons (Fsp3) is 0. The summed E-state index contributed by atoms with van der Waals surface area (Å²) in [4.78, 5) is 5.04. The second kappa shape index (κ2) is 9.56. The number of hydrogen-bond donors (Lipinski definition) is 0. The van der Waals surface area contributed by atoms with Crippen LogP contribution in [0.5, 0.6) is 11.5 Å². The van der Waals surface area contributed by atoms with Crippen molar-refractivity contribution in [1.29, 1.82) is 0 Å². The van der Waals surface area contributed by atoms with Crippen molar-refractivity contribution >= 4 is 97.3 Å². The molecular formula is C46H28GeN2O. The summed E-state index contributed by atoms with van der Waals surface area (Å²) in [6.07, 6.45) is 0. The molecule has 3 heterocycles. The average molecular weight is 697 g/mol. The van der Waals surface area contributed by atoms with E-state index in [2.05, 4.69) is 180 Å². The van der Waals surface area contributed by atoms with Crippen molar-refractivity contribution in [3.63, 3.8) is 0 Å². The van der Waals surface area contributed by atoms with Crippen LogP contribution >= 0.6 is 0 Å². The Hall–Kier alpha value is -6.04. The van der Waals surface area contributed by atoms with Crippen LogP contribution in [0.3, 0.4) is 0 Å². The Kier molecular flexibility index (Phi) is 5.14. The summed E-state index contributed by atoms with van der Waals surface area (Å²) in [7, 11) is 0. The molecular weight excluding hydrogens is 669 g/mol. The summed E-state index contributed by atoms with van der Waals surface area (Å²) in [5.41, 5.74) is 7.30. The third-order valence-corrected chi connectivity index (χ3v) is 21.6. The molecule has 0 fully saturated rings. The van der Waals surface area contributed by atoms with Gasteiger partial charge in [0.1, 0.15) is 0 Å². The normalized spacial score (nSPS) is 16.6. The average Bonchev–Trinajstić information content (AvgIpc) is 3.18. The Morgan fingerprint density at radius 1 is 0.400 bits per heavy atom. The van der Waals surface area contributed by atoms with Crippen molar-refractivity contribution in [3.8, 4) is 11.5 Å². The van der Waals surface area contributed by atoms with Crippen LogP contribution in [0.15, 0.2) is 170 Å². The molecule has 0 saturated carbocycles. The first kappa shape index (κ1) is 26.9. The van der Waals surface area contributed by atoms with Gasteiger partial charge in [0.25, 0.3) is 0 Å². The van der Waals surface area contributed by atoms with Gasteiger partial charge in [0.15, 0.2) is 0 Å². The van der Waals surface area contributed by atoms with E-state index in [1.807, 2.05) is 0 Å². The van der Waals surface area contributed by atoms with Gasteiger partial charge in [0.05, 0.1) is 0 Å². The van der Waals surface area contributed by atoms with E-state index in [-0.39, 0.29) is 0 Å². The molecule has 0 amide bonds. The number of nitrogens with zero attached hydrogens (tertiary/aromatic N) is 2. The van der Waals surface area contributed by atoms with E-state index in [0.717, 1.165) is 22.9 Å². The first-order valence-electron chi connectivity index (χ1n) is 17.3. The zero-order valence-electron chi connectivity index (χ0n) is 27.0. The summed E-state index contributed by atoms with van der Waals surface area (Å²) in [5, 5.41) is 7.57. The van der Waals surface area contributed by atoms with Gasteiger partial charge in [-0.25, -0.2) is 0 Å². The Bertz CT molecular complexity index is 2840. The summed E-state index contributed by atoms with van der Waals surface area (Å²) >= 11 is -3.87. The second-order valence-electron chi connectivity index (χ2n) is 13.6. The van der Waals surface area contributed by atoms with Crippen LogP contribution in [0.4, 0.5) is 34.1 Å². The fourth-order valence-electron chi connectivity index (χ4n) is 9.54. The molecule has 9 aromatic rings. The molecule has 50 heavy (non-hydrogen) atoms. The number of anilines is 6. The van der Waals surface area contributed by atoms with Gasteiger partial charge < -0.3 is 0 Å². The monoisotopic (exact) mass is 698 g/mol. The van der Waals surface area contributed by atoms with Crippen LogP contribution in [-0.2, 0) is 0 Å². The van der Waals surface area contributed by atoms with E-state index in [1.54, 1.807) is 0 Å². The molecule has 3 aliphatic heterocycles. The number of hydrogen-bond acceptors (Lipinski definition) is 3. The molecule has 0 bridgehead atoms. The molecule has 1 atom stereocenters. The number of rotatable bonds is 3.